The van der Waals surface area contributed by atoms with Crippen molar-refractivity contribution in [1.29, 1.82) is 0 Å². The summed E-state index contributed by atoms with van der Waals surface area (Å²) in [4.78, 5) is 12.2. The van der Waals surface area contributed by atoms with Gasteiger partial charge in [0.1, 0.15) is 0 Å². The van der Waals surface area contributed by atoms with E-state index in [4.69, 9.17) is 0 Å². The molecule has 130 valence electrons. The highest BCUT2D eigenvalue weighted by atomic mass is 32.2. The van der Waals surface area contributed by atoms with Crippen LogP contribution in [0.25, 0.3) is 0 Å². The van der Waals surface area contributed by atoms with Crippen molar-refractivity contribution < 1.29 is 13.2 Å². The number of hydrogen-bond acceptors (Lipinski definition) is 3. The maximum Gasteiger partial charge on any atom is 0.251 e. The van der Waals surface area contributed by atoms with Crippen LogP contribution in [0, 0.1) is 5.92 Å². The minimum absolute atomic E-state index is 0.0985. The second-order valence-electron chi connectivity index (χ2n) is 6.09. The molecule has 0 fully saturated rings. The molecule has 0 bridgehead atoms. The molecular formula is C17H28N2O3S. The predicted molar refractivity (Wildman–Crippen MR) is 92.9 cm³/mol. The number of carbonyl (C=O) groups excluding carboxylic acids is 1. The molecule has 1 rings (SSSR count). The summed E-state index contributed by atoms with van der Waals surface area (Å²) in [6, 6.07) is 6.05. The molecular weight excluding hydrogens is 312 g/mol. The van der Waals surface area contributed by atoms with Crippen molar-refractivity contribution in [3.05, 3.63) is 29.8 Å². The highest BCUT2D eigenvalue weighted by molar-refractivity contribution is 7.89. The first-order valence-corrected chi connectivity index (χ1v) is 9.67. The Balaban J connectivity index is 2.40. The number of hydrogen-bond donors (Lipinski definition) is 2. The van der Waals surface area contributed by atoms with Crippen molar-refractivity contribution in [3.8, 4) is 0 Å². The third kappa shape index (κ3) is 7.14. The lowest BCUT2D eigenvalue weighted by Crippen LogP contribution is -2.25. The number of unbranched alkanes of at least 4 members (excludes halogenated alkanes) is 3. The molecule has 0 spiro atoms. The average molecular weight is 340 g/mol. The molecule has 0 radical (unpaired) electrons. The van der Waals surface area contributed by atoms with Crippen molar-refractivity contribution in [2.75, 3.05) is 13.6 Å². The van der Waals surface area contributed by atoms with E-state index >= 15 is 0 Å². The summed E-state index contributed by atoms with van der Waals surface area (Å²) in [6.45, 7) is 5.06. The molecule has 0 saturated carbocycles. The summed E-state index contributed by atoms with van der Waals surface area (Å²) in [6.07, 6.45) is 5.71. The average Bonchev–Trinajstić information content (AvgIpc) is 2.53. The second kappa shape index (κ2) is 9.67. The van der Waals surface area contributed by atoms with E-state index in [2.05, 4.69) is 23.9 Å². The third-order valence-corrected chi connectivity index (χ3v) is 5.08. The van der Waals surface area contributed by atoms with E-state index in [-0.39, 0.29) is 10.8 Å². The van der Waals surface area contributed by atoms with Gasteiger partial charge in [0.05, 0.1) is 4.90 Å². The maximum atomic E-state index is 12.1. The van der Waals surface area contributed by atoms with E-state index in [0.717, 1.165) is 18.8 Å². The smallest absolute Gasteiger partial charge is 0.251 e. The summed E-state index contributed by atoms with van der Waals surface area (Å²) in [7, 11) is -2.18. The maximum absolute atomic E-state index is 12.1. The molecule has 0 aromatic heterocycles. The van der Waals surface area contributed by atoms with Gasteiger partial charge in [-0.25, -0.2) is 13.1 Å². The Hall–Kier alpha value is -1.40. The van der Waals surface area contributed by atoms with Crippen LogP contribution in [0.5, 0.6) is 0 Å². The molecule has 0 heterocycles. The molecule has 0 aliphatic rings. The monoisotopic (exact) mass is 340 g/mol. The van der Waals surface area contributed by atoms with Crippen molar-refractivity contribution in [1.82, 2.24) is 10.0 Å². The van der Waals surface area contributed by atoms with Crippen LogP contribution in [-0.4, -0.2) is 27.9 Å². The highest BCUT2D eigenvalue weighted by Gasteiger charge is 2.13. The third-order valence-electron chi connectivity index (χ3n) is 3.67. The van der Waals surface area contributed by atoms with Gasteiger partial charge < -0.3 is 5.32 Å². The van der Waals surface area contributed by atoms with Crippen LogP contribution >= 0.6 is 0 Å². The Morgan fingerprint density at radius 3 is 2.48 bits per heavy atom. The fourth-order valence-corrected chi connectivity index (χ4v) is 3.03. The Bertz CT molecular complexity index is 598. The van der Waals surface area contributed by atoms with E-state index in [1.54, 1.807) is 12.1 Å². The fraction of sp³-hybridized carbons (Fsp3) is 0.588. The number of rotatable bonds is 10. The molecule has 1 aromatic rings. The molecule has 1 amide bonds. The van der Waals surface area contributed by atoms with E-state index < -0.39 is 10.0 Å². The van der Waals surface area contributed by atoms with Crippen molar-refractivity contribution in [3.63, 3.8) is 0 Å². The summed E-state index contributed by atoms with van der Waals surface area (Å²) < 4.78 is 25.7. The summed E-state index contributed by atoms with van der Waals surface area (Å²) in [5.41, 5.74) is 0.362. The van der Waals surface area contributed by atoms with Crippen LogP contribution in [0.15, 0.2) is 29.2 Å². The lowest BCUT2D eigenvalue weighted by Gasteiger charge is -2.08. The number of amides is 1. The normalized spacial score (nSPS) is 11.7. The van der Waals surface area contributed by atoms with Crippen LogP contribution in [-0.2, 0) is 10.0 Å². The van der Waals surface area contributed by atoms with Gasteiger partial charge >= 0.3 is 0 Å². The molecule has 2 N–H and O–H groups in total. The van der Waals surface area contributed by atoms with Crippen LogP contribution < -0.4 is 10.0 Å². The zero-order valence-corrected chi connectivity index (χ0v) is 15.1. The van der Waals surface area contributed by atoms with Crippen molar-refractivity contribution in [2.45, 2.75) is 50.8 Å². The lowest BCUT2D eigenvalue weighted by molar-refractivity contribution is 0.0952. The lowest BCUT2D eigenvalue weighted by atomic mass is 10.0. The number of carbonyl (C=O) groups is 1. The Kier molecular flexibility index (Phi) is 8.26. The Morgan fingerprint density at radius 2 is 1.83 bits per heavy atom. The van der Waals surface area contributed by atoms with Crippen molar-refractivity contribution in [2.24, 2.45) is 5.92 Å². The predicted octanol–water partition coefficient (Wildman–Crippen LogP) is 2.93. The van der Waals surface area contributed by atoms with Gasteiger partial charge in [0.25, 0.3) is 5.91 Å². The molecule has 0 saturated heterocycles. The van der Waals surface area contributed by atoms with Crippen LogP contribution in [0.4, 0.5) is 0 Å². The van der Waals surface area contributed by atoms with Crippen LogP contribution in [0.1, 0.15) is 56.3 Å². The summed E-state index contributed by atoms with van der Waals surface area (Å²) in [5.74, 6) is 0.510. The molecule has 0 aliphatic carbocycles. The van der Waals surface area contributed by atoms with Gasteiger partial charge in [-0.15, -0.1) is 0 Å². The zero-order chi connectivity index (χ0) is 17.3. The number of benzene rings is 1. The van der Waals surface area contributed by atoms with Gasteiger partial charge in [-0.3, -0.25) is 4.79 Å². The van der Waals surface area contributed by atoms with E-state index in [9.17, 15) is 13.2 Å². The minimum atomic E-state index is -3.53. The van der Waals surface area contributed by atoms with Gasteiger partial charge in [0, 0.05) is 12.1 Å². The SMILES string of the molecule is CNS(=O)(=O)c1cccc(C(=O)NCCCCCCC(C)C)c1. The second-order valence-corrected chi connectivity index (χ2v) is 7.97. The standard InChI is InChI=1S/C17H28N2O3S/c1-14(2)9-6-4-5-7-12-19-17(20)15-10-8-11-16(13-15)23(21,22)18-3/h8,10-11,13-14,18H,4-7,9,12H2,1-3H3,(H,19,20). The first-order valence-electron chi connectivity index (χ1n) is 8.18. The first kappa shape index (κ1) is 19.6. The molecule has 23 heavy (non-hydrogen) atoms. The fourth-order valence-electron chi connectivity index (χ4n) is 2.26. The van der Waals surface area contributed by atoms with Gasteiger partial charge in [-0.1, -0.05) is 45.6 Å². The van der Waals surface area contributed by atoms with Crippen LogP contribution in [0.3, 0.4) is 0 Å². The number of nitrogens with one attached hydrogen (secondary N) is 2. The van der Waals surface area contributed by atoms with E-state index in [1.165, 1.54) is 38.4 Å². The van der Waals surface area contributed by atoms with Gasteiger partial charge in [-0.05, 0) is 37.6 Å². The Morgan fingerprint density at radius 1 is 1.13 bits per heavy atom. The molecule has 1 aromatic carbocycles. The van der Waals surface area contributed by atoms with Gasteiger partial charge in [0.2, 0.25) is 10.0 Å². The zero-order valence-electron chi connectivity index (χ0n) is 14.3. The molecule has 0 aliphatic heterocycles. The van der Waals surface area contributed by atoms with Gasteiger partial charge in [0.15, 0.2) is 0 Å². The molecule has 6 heteroatoms. The topological polar surface area (TPSA) is 75.3 Å². The van der Waals surface area contributed by atoms with Crippen molar-refractivity contribution >= 4 is 15.9 Å². The number of sulfonamides is 1. The largest absolute Gasteiger partial charge is 0.352 e. The summed E-state index contributed by atoms with van der Waals surface area (Å²) >= 11 is 0. The van der Waals surface area contributed by atoms with Gasteiger partial charge in [-0.2, -0.15) is 0 Å². The Labute approximate surface area is 139 Å². The molecule has 0 atom stereocenters. The molecule has 5 nitrogen and oxygen atoms in total. The van der Waals surface area contributed by atoms with E-state index in [0.29, 0.717) is 12.1 Å². The first-order chi connectivity index (χ1) is 10.9. The molecule has 0 unspecified atom stereocenters. The highest BCUT2D eigenvalue weighted by Crippen LogP contribution is 2.11. The van der Waals surface area contributed by atoms with Crippen LogP contribution in [0.2, 0.25) is 0 Å². The summed E-state index contributed by atoms with van der Waals surface area (Å²) in [5, 5.41) is 2.84. The quantitative estimate of drug-likeness (QED) is 0.643. The van der Waals surface area contributed by atoms with E-state index in [1.807, 2.05) is 0 Å². The minimum Gasteiger partial charge on any atom is -0.352 e.